The lowest BCUT2D eigenvalue weighted by molar-refractivity contribution is 0.521. The number of rotatable bonds is 2. The molecule has 1 aromatic heterocycles. The maximum Gasteiger partial charge on any atom is 0.191 e. The topological polar surface area (TPSA) is 26.0 Å². The normalized spacial score (nSPS) is 12.1. The second-order valence-corrected chi connectivity index (χ2v) is 2.68. The van der Waals surface area contributed by atoms with Crippen LogP contribution in [-0.2, 0) is 0 Å². The summed E-state index contributed by atoms with van der Waals surface area (Å²) in [6.07, 6.45) is 3.52. The molecular weight excluding hydrogens is 162 g/mol. The molecule has 1 rings (SSSR count). The molecule has 1 aromatic rings. The van der Waals surface area contributed by atoms with Gasteiger partial charge in [0.05, 0.1) is 0 Å². The van der Waals surface area contributed by atoms with Gasteiger partial charge in [0.15, 0.2) is 5.89 Å². The number of hydrogen-bond acceptors (Lipinski definition) is 2. The molecule has 0 aliphatic heterocycles. The van der Waals surface area contributed by atoms with Crippen LogP contribution in [0.2, 0.25) is 0 Å². The van der Waals surface area contributed by atoms with Crippen molar-refractivity contribution in [2.24, 2.45) is 0 Å². The molecule has 60 valence electrons. The number of allylic oxidation sites excluding steroid dienone is 1. The van der Waals surface area contributed by atoms with Crippen LogP contribution in [0.15, 0.2) is 16.3 Å². The maximum absolute atomic E-state index is 5.58. The van der Waals surface area contributed by atoms with Crippen LogP contribution < -0.4 is 0 Å². The summed E-state index contributed by atoms with van der Waals surface area (Å²) in [7, 11) is 0. The Kier molecular flexibility index (Phi) is 2.71. The highest BCUT2D eigenvalue weighted by Gasteiger charge is 1.95. The first-order chi connectivity index (χ1) is 5.22. The number of aryl methyl sites for hydroxylation is 1. The van der Waals surface area contributed by atoms with Gasteiger partial charge in [-0.3, -0.25) is 0 Å². The lowest BCUT2D eigenvalue weighted by Crippen LogP contribution is -1.78. The molecule has 11 heavy (non-hydrogen) atoms. The highest BCUT2D eigenvalue weighted by molar-refractivity contribution is 6.19. The number of alkyl halides is 1. The van der Waals surface area contributed by atoms with E-state index in [9.17, 15) is 0 Å². The van der Waals surface area contributed by atoms with Crippen LogP contribution in [0, 0.1) is 6.92 Å². The molecule has 0 aliphatic rings. The SMILES string of the molecule is CC(=Cc1coc(C)n1)CCl. The van der Waals surface area contributed by atoms with Gasteiger partial charge >= 0.3 is 0 Å². The fourth-order valence-corrected chi connectivity index (χ4v) is 0.815. The lowest BCUT2D eigenvalue weighted by atomic mass is 10.3. The van der Waals surface area contributed by atoms with E-state index in [4.69, 9.17) is 16.0 Å². The second kappa shape index (κ2) is 3.58. The molecule has 0 radical (unpaired) electrons. The molecule has 0 aromatic carbocycles. The zero-order valence-corrected chi connectivity index (χ0v) is 7.35. The van der Waals surface area contributed by atoms with E-state index in [-0.39, 0.29) is 0 Å². The molecule has 0 N–H and O–H groups in total. The Balaban J connectivity index is 2.78. The Morgan fingerprint density at radius 2 is 2.55 bits per heavy atom. The molecule has 0 saturated heterocycles. The number of nitrogens with zero attached hydrogens (tertiary/aromatic N) is 1. The van der Waals surface area contributed by atoms with Crippen LogP contribution in [0.4, 0.5) is 0 Å². The third kappa shape index (κ3) is 2.39. The zero-order valence-electron chi connectivity index (χ0n) is 6.60. The minimum absolute atomic E-state index is 0.534. The van der Waals surface area contributed by atoms with E-state index in [1.54, 1.807) is 6.26 Å². The van der Waals surface area contributed by atoms with Gasteiger partial charge in [-0.05, 0) is 13.0 Å². The van der Waals surface area contributed by atoms with Crippen molar-refractivity contribution in [1.29, 1.82) is 0 Å². The highest BCUT2D eigenvalue weighted by Crippen LogP contribution is 2.06. The van der Waals surface area contributed by atoms with Crippen molar-refractivity contribution >= 4 is 17.7 Å². The molecule has 0 spiro atoms. The Morgan fingerprint density at radius 1 is 1.82 bits per heavy atom. The molecule has 0 amide bonds. The summed E-state index contributed by atoms with van der Waals surface area (Å²) in [5.41, 5.74) is 1.92. The molecule has 0 bridgehead atoms. The van der Waals surface area contributed by atoms with Crippen LogP contribution in [0.1, 0.15) is 18.5 Å². The fourth-order valence-electron chi connectivity index (χ4n) is 0.737. The molecular formula is C8H10ClNO. The van der Waals surface area contributed by atoms with Gasteiger partial charge in [0.25, 0.3) is 0 Å². The van der Waals surface area contributed by atoms with Crippen molar-refractivity contribution in [1.82, 2.24) is 4.98 Å². The largest absolute Gasteiger partial charge is 0.449 e. The minimum atomic E-state index is 0.534. The highest BCUT2D eigenvalue weighted by atomic mass is 35.5. The van der Waals surface area contributed by atoms with E-state index < -0.39 is 0 Å². The predicted octanol–water partition coefficient (Wildman–Crippen LogP) is 2.63. The lowest BCUT2D eigenvalue weighted by Gasteiger charge is -1.88. The van der Waals surface area contributed by atoms with E-state index in [2.05, 4.69) is 4.98 Å². The van der Waals surface area contributed by atoms with Crippen molar-refractivity contribution in [2.75, 3.05) is 5.88 Å². The first-order valence-electron chi connectivity index (χ1n) is 3.37. The molecule has 0 aliphatic carbocycles. The minimum Gasteiger partial charge on any atom is -0.449 e. The van der Waals surface area contributed by atoms with Gasteiger partial charge in [0.2, 0.25) is 0 Å². The van der Waals surface area contributed by atoms with Gasteiger partial charge < -0.3 is 4.42 Å². The number of hydrogen-bond donors (Lipinski definition) is 0. The summed E-state index contributed by atoms with van der Waals surface area (Å²) in [6, 6.07) is 0. The average Bonchev–Trinajstić information content (AvgIpc) is 2.35. The van der Waals surface area contributed by atoms with Crippen LogP contribution in [0.3, 0.4) is 0 Å². The zero-order chi connectivity index (χ0) is 8.27. The van der Waals surface area contributed by atoms with E-state index >= 15 is 0 Å². The van der Waals surface area contributed by atoms with E-state index in [0.717, 1.165) is 11.3 Å². The molecule has 1 heterocycles. The number of oxazole rings is 1. The Bertz CT molecular complexity index is 265. The van der Waals surface area contributed by atoms with Gasteiger partial charge in [-0.15, -0.1) is 11.6 Å². The third-order valence-corrected chi connectivity index (χ3v) is 1.66. The van der Waals surface area contributed by atoms with Crippen molar-refractivity contribution in [3.05, 3.63) is 23.4 Å². The predicted molar refractivity (Wildman–Crippen MR) is 45.6 cm³/mol. The molecule has 0 fully saturated rings. The summed E-state index contributed by atoms with van der Waals surface area (Å²) in [5, 5.41) is 0. The van der Waals surface area contributed by atoms with Gasteiger partial charge in [0.1, 0.15) is 12.0 Å². The van der Waals surface area contributed by atoms with Crippen LogP contribution >= 0.6 is 11.6 Å². The van der Waals surface area contributed by atoms with Crippen molar-refractivity contribution in [2.45, 2.75) is 13.8 Å². The summed E-state index contributed by atoms with van der Waals surface area (Å²) >= 11 is 5.58. The molecule has 2 nitrogen and oxygen atoms in total. The van der Waals surface area contributed by atoms with Crippen molar-refractivity contribution in [3.63, 3.8) is 0 Å². The van der Waals surface area contributed by atoms with Gasteiger partial charge in [-0.2, -0.15) is 0 Å². The van der Waals surface area contributed by atoms with Crippen LogP contribution in [0.5, 0.6) is 0 Å². The fraction of sp³-hybridized carbons (Fsp3) is 0.375. The van der Waals surface area contributed by atoms with E-state index in [0.29, 0.717) is 11.8 Å². The van der Waals surface area contributed by atoms with Crippen molar-refractivity contribution < 1.29 is 4.42 Å². The number of aromatic nitrogens is 1. The molecule has 3 heteroatoms. The molecule has 0 atom stereocenters. The van der Waals surface area contributed by atoms with Crippen molar-refractivity contribution in [3.8, 4) is 0 Å². The quantitative estimate of drug-likeness (QED) is 0.640. The van der Waals surface area contributed by atoms with Crippen LogP contribution in [0.25, 0.3) is 6.08 Å². The van der Waals surface area contributed by atoms with Gasteiger partial charge in [0, 0.05) is 12.8 Å². The first kappa shape index (κ1) is 8.34. The summed E-state index contributed by atoms with van der Waals surface area (Å²) < 4.78 is 5.01. The van der Waals surface area contributed by atoms with E-state index in [1.165, 1.54) is 0 Å². The smallest absolute Gasteiger partial charge is 0.191 e. The van der Waals surface area contributed by atoms with Crippen LogP contribution in [-0.4, -0.2) is 10.9 Å². The first-order valence-corrected chi connectivity index (χ1v) is 3.91. The number of halogens is 1. The monoisotopic (exact) mass is 171 g/mol. The molecule has 0 saturated carbocycles. The third-order valence-electron chi connectivity index (χ3n) is 1.24. The Labute approximate surface area is 70.9 Å². The average molecular weight is 172 g/mol. The Morgan fingerprint density at radius 3 is 3.00 bits per heavy atom. The standard InChI is InChI=1S/C8H10ClNO/c1-6(4-9)3-8-5-11-7(2)10-8/h3,5H,4H2,1-2H3. The Hall–Kier alpha value is -0.760. The summed E-state index contributed by atoms with van der Waals surface area (Å²) in [4.78, 5) is 4.10. The molecule has 0 unspecified atom stereocenters. The van der Waals surface area contributed by atoms with Gasteiger partial charge in [-0.1, -0.05) is 5.57 Å². The second-order valence-electron chi connectivity index (χ2n) is 2.42. The summed E-state index contributed by atoms with van der Waals surface area (Å²) in [6.45, 7) is 3.77. The maximum atomic E-state index is 5.58. The van der Waals surface area contributed by atoms with Gasteiger partial charge in [-0.25, -0.2) is 4.98 Å². The summed E-state index contributed by atoms with van der Waals surface area (Å²) in [5.74, 6) is 1.21. The van der Waals surface area contributed by atoms with E-state index in [1.807, 2.05) is 19.9 Å².